The highest BCUT2D eigenvalue weighted by atomic mass is 16.2. The van der Waals surface area contributed by atoms with Crippen molar-refractivity contribution in [3.8, 4) is 5.69 Å². The average molecular weight is 295 g/mol. The molecule has 0 amide bonds. The summed E-state index contributed by atoms with van der Waals surface area (Å²) in [7, 11) is 0. The van der Waals surface area contributed by atoms with Gasteiger partial charge >= 0.3 is 11.4 Å². The van der Waals surface area contributed by atoms with E-state index < -0.39 is 0 Å². The van der Waals surface area contributed by atoms with Crippen LogP contribution >= 0.6 is 0 Å². The molecule has 0 saturated heterocycles. The van der Waals surface area contributed by atoms with E-state index in [-0.39, 0.29) is 28.9 Å². The van der Waals surface area contributed by atoms with Crippen LogP contribution in [0.3, 0.4) is 0 Å². The summed E-state index contributed by atoms with van der Waals surface area (Å²) in [6.45, 7) is 4.66. The summed E-state index contributed by atoms with van der Waals surface area (Å²) in [5.41, 5.74) is 0.936. The zero-order valence-corrected chi connectivity index (χ0v) is 12.6. The molecule has 1 aromatic heterocycles. The normalized spacial score (nSPS) is 45.4. The SMILES string of the molecule is C[C@]12[C@H]3[C@H]4C[C@@H]1[C@]2(C)[C@H]3n1c(=O)n(-c2ccccc2)c(=O)n14. The molecule has 112 valence electrons. The van der Waals surface area contributed by atoms with Gasteiger partial charge in [0.15, 0.2) is 0 Å². The zero-order chi connectivity index (χ0) is 15.0. The maximum Gasteiger partial charge on any atom is 0.352 e. The predicted molar refractivity (Wildman–Crippen MR) is 80.2 cm³/mol. The Kier molecular flexibility index (Phi) is 1.52. The molecule has 22 heavy (non-hydrogen) atoms. The average Bonchev–Trinajstić information content (AvgIpc) is 2.85. The van der Waals surface area contributed by atoms with Crippen molar-refractivity contribution in [1.82, 2.24) is 13.9 Å². The van der Waals surface area contributed by atoms with Crippen molar-refractivity contribution in [2.75, 3.05) is 0 Å². The second-order valence-electron chi connectivity index (χ2n) is 7.82. The molecule has 6 atom stereocenters. The van der Waals surface area contributed by atoms with Crippen LogP contribution < -0.4 is 11.4 Å². The lowest BCUT2D eigenvalue weighted by molar-refractivity contribution is 0.0167. The first kappa shape index (κ1) is 11.5. The third-order valence-electron chi connectivity index (χ3n) is 7.66. The fraction of sp³-hybridized carbons (Fsp3) is 0.529. The first-order valence-electron chi connectivity index (χ1n) is 8.04. The van der Waals surface area contributed by atoms with Crippen molar-refractivity contribution in [3.05, 3.63) is 51.3 Å². The van der Waals surface area contributed by atoms with E-state index in [0.717, 1.165) is 6.42 Å². The lowest BCUT2D eigenvalue weighted by Gasteiger charge is -2.45. The third kappa shape index (κ3) is 0.788. The number of hydrogen-bond acceptors (Lipinski definition) is 2. The van der Waals surface area contributed by atoms with Crippen LogP contribution in [0.1, 0.15) is 32.4 Å². The fourth-order valence-corrected chi connectivity index (χ4v) is 6.66. The Morgan fingerprint density at radius 1 is 1.00 bits per heavy atom. The van der Waals surface area contributed by atoms with Crippen LogP contribution in [0.5, 0.6) is 0 Å². The monoisotopic (exact) mass is 295 g/mol. The van der Waals surface area contributed by atoms with Gasteiger partial charge in [0.05, 0.1) is 17.8 Å². The van der Waals surface area contributed by atoms with Gasteiger partial charge in [-0.1, -0.05) is 32.0 Å². The number of para-hydroxylation sites is 1. The number of fused-ring (bicyclic) bond motifs is 5. The van der Waals surface area contributed by atoms with Crippen molar-refractivity contribution >= 4 is 0 Å². The van der Waals surface area contributed by atoms with Crippen molar-refractivity contribution < 1.29 is 0 Å². The largest absolute Gasteiger partial charge is 0.352 e. The molecule has 3 aliphatic carbocycles. The van der Waals surface area contributed by atoms with E-state index in [2.05, 4.69) is 13.8 Å². The van der Waals surface area contributed by atoms with E-state index in [9.17, 15) is 9.59 Å². The molecule has 0 unspecified atom stereocenters. The molecule has 0 radical (unpaired) electrons. The molecular weight excluding hydrogens is 278 g/mol. The quantitative estimate of drug-likeness (QED) is 0.802. The van der Waals surface area contributed by atoms with E-state index in [1.165, 1.54) is 4.57 Å². The van der Waals surface area contributed by atoms with Gasteiger partial charge in [-0.2, -0.15) is 0 Å². The predicted octanol–water partition coefficient (Wildman–Crippen LogP) is 1.57. The van der Waals surface area contributed by atoms with Gasteiger partial charge in [0, 0.05) is 5.92 Å². The van der Waals surface area contributed by atoms with Gasteiger partial charge in [-0.3, -0.25) is 0 Å². The molecule has 5 heteroatoms. The Balaban J connectivity index is 1.65. The second-order valence-corrected chi connectivity index (χ2v) is 7.82. The first-order valence-corrected chi connectivity index (χ1v) is 8.04. The van der Waals surface area contributed by atoms with Crippen molar-refractivity contribution in [2.45, 2.75) is 32.4 Å². The molecule has 0 bridgehead atoms. The van der Waals surface area contributed by atoms with Gasteiger partial charge in [-0.25, -0.2) is 23.5 Å². The standard InChI is InChI=1S/C17H17N3O2/c1-16-11-8-10-12(16)13(17(11,16)2)20-15(22)18(14(21)19(10)20)9-6-4-3-5-7-9/h3-7,10-13H,8H2,1-2H3/t10-,11+,12+,13+,16-,17-/m1/s1. The minimum atomic E-state index is -0.164. The summed E-state index contributed by atoms with van der Waals surface area (Å²) >= 11 is 0. The van der Waals surface area contributed by atoms with Gasteiger partial charge in [-0.05, 0) is 35.3 Å². The Morgan fingerprint density at radius 2 is 1.68 bits per heavy atom. The van der Waals surface area contributed by atoms with Crippen LogP contribution in [-0.4, -0.2) is 13.9 Å². The van der Waals surface area contributed by atoms with Crippen molar-refractivity contribution in [1.29, 1.82) is 0 Å². The number of aromatic nitrogens is 3. The zero-order valence-electron chi connectivity index (χ0n) is 12.6. The van der Waals surface area contributed by atoms with E-state index in [4.69, 9.17) is 0 Å². The van der Waals surface area contributed by atoms with Gasteiger partial charge in [0.25, 0.3) is 0 Å². The molecule has 0 N–H and O–H groups in total. The van der Waals surface area contributed by atoms with Crippen LogP contribution in [-0.2, 0) is 0 Å². The molecule has 3 fully saturated rings. The lowest BCUT2D eigenvalue weighted by atomic mass is 9.60. The van der Waals surface area contributed by atoms with Gasteiger partial charge < -0.3 is 0 Å². The molecule has 0 spiro atoms. The summed E-state index contributed by atoms with van der Waals surface area (Å²) in [4.78, 5) is 25.9. The van der Waals surface area contributed by atoms with Gasteiger partial charge in [0.1, 0.15) is 0 Å². The molecule has 3 saturated carbocycles. The second kappa shape index (κ2) is 2.90. The first-order chi connectivity index (χ1) is 10.5. The van der Waals surface area contributed by atoms with Crippen LogP contribution in [0.15, 0.2) is 39.9 Å². The summed E-state index contributed by atoms with van der Waals surface area (Å²) in [5, 5.41) is 0. The third-order valence-corrected chi connectivity index (χ3v) is 7.66. The highest BCUT2D eigenvalue weighted by Crippen LogP contribution is 2.96. The minimum Gasteiger partial charge on any atom is -0.245 e. The number of hydrogen-bond donors (Lipinski definition) is 0. The Morgan fingerprint density at radius 3 is 2.36 bits per heavy atom. The van der Waals surface area contributed by atoms with E-state index in [1.54, 1.807) is 9.36 Å². The fourth-order valence-electron chi connectivity index (χ4n) is 6.66. The minimum absolute atomic E-state index is 0.162. The molecule has 2 heterocycles. The van der Waals surface area contributed by atoms with E-state index in [1.807, 2.05) is 30.3 Å². The van der Waals surface area contributed by atoms with Crippen LogP contribution in [0.4, 0.5) is 0 Å². The van der Waals surface area contributed by atoms with Crippen LogP contribution in [0.25, 0.3) is 5.69 Å². The van der Waals surface area contributed by atoms with Crippen molar-refractivity contribution in [3.63, 3.8) is 0 Å². The van der Waals surface area contributed by atoms with Crippen LogP contribution in [0.2, 0.25) is 0 Å². The van der Waals surface area contributed by atoms with Gasteiger partial charge in [0.2, 0.25) is 0 Å². The van der Waals surface area contributed by atoms with E-state index >= 15 is 0 Å². The lowest BCUT2D eigenvalue weighted by Crippen LogP contribution is -2.46. The summed E-state index contributed by atoms with van der Waals surface area (Å²) in [5.74, 6) is 1.18. The molecular formula is C17H17N3O2. The summed E-state index contributed by atoms with van der Waals surface area (Å²) < 4.78 is 4.91. The Hall–Kier alpha value is -2.04. The summed E-state index contributed by atoms with van der Waals surface area (Å²) in [6.07, 6.45) is 1.06. The molecule has 1 aromatic carbocycles. The number of nitrogens with zero attached hydrogens (tertiary/aromatic N) is 3. The summed E-state index contributed by atoms with van der Waals surface area (Å²) in [6, 6.07) is 9.72. The molecule has 5 nitrogen and oxygen atoms in total. The molecule has 2 aromatic rings. The maximum atomic E-state index is 13.0. The van der Waals surface area contributed by atoms with Gasteiger partial charge in [-0.15, -0.1) is 0 Å². The highest BCUT2D eigenvalue weighted by Gasteiger charge is 2.93. The molecule has 6 rings (SSSR count). The number of benzene rings is 1. The number of rotatable bonds is 1. The smallest absolute Gasteiger partial charge is 0.245 e. The van der Waals surface area contributed by atoms with Crippen molar-refractivity contribution in [2.24, 2.45) is 22.7 Å². The highest BCUT2D eigenvalue weighted by molar-refractivity contribution is 5.41. The topological polar surface area (TPSA) is 48.9 Å². The Bertz CT molecular complexity index is 968. The maximum absolute atomic E-state index is 13.0. The molecule has 4 aliphatic rings. The Labute approximate surface area is 126 Å². The van der Waals surface area contributed by atoms with Crippen LogP contribution in [0, 0.1) is 22.7 Å². The molecule has 1 aliphatic heterocycles. The van der Waals surface area contributed by atoms with E-state index in [0.29, 0.717) is 22.9 Å².